The first kappa shape index (κ1) is 51.8. The number of aromatic amines is 1. The number of aliphatic hydroxyl groups is 2. The van der Waals surface area contributed by atoms with Gasteiger partial charge >= 0.3 is 0 Å². The van der Waals surface area contributed by atoms with Crippen molar-refractivity contribution in [3.05, 3.63) is 119 Å². The van der Waals surface area contributed by atoms with Crippen molar-refractivity contribution in [1.29, 1.82) is 0 Å². The highest BCUT2D eigenvalue weighted by atomic mass is 19.1. The van der Waals surface area contributed by atoms with Gasteiger partial charge in [0.15, 0.2) is 23.5 Å². The van der Waals surface area contributed by atoms with E-state index in [1.54, 1.807) is 30.3 Å². The van der Waals surface area contributed by atoms with E-state index >= 15 is 8.78 Å². The number of amides is 6. The van der Waals surface area contributed by atoms with E-state index in [1.807, 2.05) is 18.2 Å². The summed E-state index contributed by atoms with van der Waals surface area (Å²) in [5.74, 6) is -6.72. The van der Waals surface area contributed by atoms with Crippen LogP contribution >= 0.6 is 0 Å². The standard InChI is InChI=1S/C53H57F2N7O12/c1-27(59-49(72)39(19-33-24-56-26-57-33)61-43(67)14-16-62-44(68)11-12-45(62)69)47(70)58-28(2)48(71)60-32-6-4-5-30(18-32)17-29-7-9-31(10-8-29)50-73-40-22-35-36-21-38(54)37-20-34(64)13-15-51(37,3)53(36,55)41(65)23-52(35,42(66)25-63)46(40)74-50/h4-13,15,18,20,24,26-28,35-36,38-41,46,50,63,65H,14,16-17,19,21-23,25H2,1-3H3,(H,56,57)(H,58,70)(H,59,72)(H,60,71)(H,61,67)/t27-,28-,35-,36-,38-,39-,40+,41-,46+,50+,51-,52-,53-/m0/s1. The smallest absolute Gasteiger partial charge is 0.253 e. The number of hydrogen-bond acceptors (Lipinski definition) is 13. The summed E-state index contributed by atoms with van der Waals surface area (Å²) in [6.07, 6.45) is 2.14. The van der Waals surface area contributed by atoms with E-state index in [4.69, 9.17) is 9.47 Å². The number of aliphatic hydroxyl groups excluding tert-OH is 2. The molecule has 1 saturated heterocycles. The van der Waals surface area contributed by atoms with Crippen molar-refractivity contribution in [2.75, 3.05) is 18.5 Å². The molecule has 21 heteroatoms. The molecule has 390 valence electrons. The first-order chi connectivity index (χ1) is 35.2. The number of imide groups is 1. The zero-order valence-electron chi connectivity index (χ0n) is 40.7. The molecule has 2 aromatic carbocycles. The second-order valence-corrected chi connectivity index (χ2v) is 20.2. The highest BCUT2D eigenvalue weighted by Gasteiger charge is 2.77. The molecule has 0 spiro atoms. The van der Waals surface area contributed by atoms with E-state index < -0.39 is 131 Å². The van der Waals surface area contributed by atoms with Gasteiger partial charge in [0, 0.05) is 66.0 Å². The Morgan fingerprint density at radius 3 is 2.32 bits per heavy atom. The van der Waals surface area contributed by atoms with Crippen LogP contribution in [0.3, 0.4) is 0 Å². The molecule has 3 heterocycles. The molecule has 2 aliphatic heterocycles. The molecular formula is C53H57F2N7O12. The third-order valence-electron chi connectivity index (χ3n) is 15.8. The predicted octanol–water partition coefficient (Wildman–Crippen LogP) is 2.24. The van der Waals surface area contributed by atoms with Crippen LogP contribution < -0.4 is 21.3 Å². The number of Topliss-reactive ketones (excluding diaryl/α,β-unsaturated/α-hetero) is 1. The maximum Gasteiger partial charge on any atom is 0.253 e. The Kier molecular flexibility index (Phi) is 14.2. The zero-order chi connectivity index (χ0) is 52.9. The van der Waals surface area contributed by atoms with Gasteiger partial charge in [-0.1, -0.05) is 42.5 Å². The van der Waals surface area contributed by atoms with Crippen molar-refractivity contribution >= 4 is 52.7 Å². The van der Waals surface area contributed by atoms with Gasteiger partial charge in [0.1, 0.15) is 37.0 Å². The number of carbonyl (C=O) groups excluding carboxylic acids is 8. The van der Waals surface area contributed by atoms with Gasteiger partial charge in [0.25, 0.3) is 11.8 Å². The summed E-state index contributed by atoms with van der Waals surface area (Å²) in [4.78, 5) is 110. The summed E-state index contributed by atoms with van der Waals surface area (Å²) in [5, 5.41) is 32.6. The Balaban J connectivity index is 0.781. The molecule has 4 aliphatic carbocycles. The molecule has 0 bridgehead atoms. The minimum atomic E-state index is -2.42. The number of benzene rings is 2. The number of alkyl halides is 2. The Bertz CT molecular complexity index is 2840. The van der Waals surface area contributed by atoms with E-state index in [1.165, 1.54) is 45.4 Å². The van der Waals surface area contributed by atoms with Gasteiger partial charge in [0.2, 0.25) is 23.6 Å². The fourth-order valence-corrected chi connectivity index (χ4v) is 12.0. The Labute approximate surface area is 423 Å². The molecule has 0 radical (unpaired) electrons. The van der Waals surface area contributed by atoms with Crippen LogP contribution in [-0.2, 0) is 60.7 Å². The number of halogens is 2. The van der Waals surface area contributed by atoms with Crippen molar-refractivity contribution in [2.45, 2.75) is 114 Å². The fraction of sp³-hybridized carbons (Fsp3) is 0.453. The number of carbonyl (C=O) groups is 8. The van der Waals surface area contributed by atoms with Crippen molar-refractivity contribution in [2.24, 2.45) is 22.7 Å². The van der Waals surface area contributed by atoms with Crippen LogP contribution in [0.5, 0.6) is 0 Å². The Morgan fingerprint density at radius 1 is 0.905 bits per heavy atom. The number of ketones is 2. The van der Waals surface area contributed by atoms with Gasteiger partial charge in [-0.25, -0.2) is 13.8 Å². The number of allylic oxidation sites excluding steroid dienone is 4. The van der Waals surface area contributed by atoms with E-state index in [9.17, 15) is 48.6 Å². The molecule has 74 heavy (non-hydrogen) atoms. The fourth-order valence-electron chi connectivity index (χ4n) is 12.0. The lowest BCUT2D eigenvalue weighted by Gasteiger charge is -2.62. The quantitative estimate of drug-likeness (QED) is 0.0958. The summed E-state index contributed by atoms with van der Waals surface area (Å²) in [5.41, 5.74) is -2.35. The van der Waals surface area contributed by atoms with Gasteiger partial charge in [-0.15, -0.1) is 0 Å². The minimum absolute atomic E-state index is 0.0184. The number of anilines is 1. The lowest BCUT2D eigenvalue weighted by atomic mass is 9.44. The zero-order valence-corrected chi connectivity index (χ0v) is 40.7. The summed E-state index contributed by atoms with van der Waals surface area (Å²) in [6, 6.07) is 11.1. The van der Waals surface area contributed by atoms with Crippen LogP contribution in [0.15, 0.2) is 97.0 Å². The molecule has 6 amide bonds. The number of nitrogens with zero attached hydrogens (tertiary/aromatic N) is 2. The van der Waals surface area contributed by atoms with E-state index in [0.29, 0.717) is 23.4 Å². The molecule has 9 rings (SSSR count). The van der Waals surface area contributed by atoms with Crippen LogP contribution in [-0.4, -0.2) is 134 Å². The predicted molar refractivity (Wildman–Crippen MR) is 257 cm³/mol. The van der Waals surface area contributed by atoms with Gasteiger partial charge in [-0.2, -0.15) is 0 Å². The molecule has 3 saturated carbocycles. The van der Waals surface area contributed by atoms with Crippen molar-refractivity contribution in [3.63, 3.8) is 0 Å². The summed E-state index contributed by atoms with van der Waals surface area (Å²) >= 11 is 0. The molecule has 19 nitrogen and oxygen atoms in total. The summed E-state index contributed by atoms with van der Waals surface area (Å²) in [7, 11) is 0. The van der Waals surface area contributed by atoms with Gasteiger partial charge in [-0.05, 0) is 93.4 Å². The molecule has 6 aliphatic rings. The lowest BCUT2D eigenvalue weighted by Crippen LogP contribution is -2.70. The van der Waals surface area contributed by atoms with Crippen molar-refractivity contribution < 1.29 is 66.8 Å². The monoisotopic (exact) mass is 1020 g/mol. The molecule has 1 aromatic heterocycles. The van der Waals surface area contributed by atoms with Gasteiger partial charge in [0.05, 0.1) is 24.0 Å². The van der Waals surface area contributed by atoms with E-state index in [2.05, 4.69) is 31.2 Å². The Hall–Kier alpha value is -7.07. The van der Waals surface area contributed by atoms with Crippen LogP contribution in [0.4, 0.5) is 14.5 Å². The number of H-pyrrole nitrogens is 1. The van der Waals surface area contributed by atoms with Crippen LogP contribution in [0.2, 0.25) is 0 Å². The maximum atomic E-state index is 17.7. The van der Waals surface area contributed by atoms with E-state index in [0.717, 1.165) is 34.3 Å². The number of imidazole rings is 1. The second kappa shape index (κ2) is 20.3. The third-order valence-corrected chi connectivity index (χ3v) is 15.8. The normalized spacial score (nSPS) is 30.8. The number of fused-ring (bicyclic) bond motifs is 7. The SMILES string of the molecule is C[C@H](NC(=O)[C@H](C)NC(=O)[C@H](Cc1cnc[nH]1)NC(=O)CCN1C(=O)C=CC1=O)C(=O)Nc1cccc(Cc2ccc([C@H]3O[C@@H]4[C@@H](C[C@H]5[C@@H]6C[C@H](F)C7=CC(=O)C=C[C@]7(C)[C@@]6(F)[C@@H](O)C[C@]45C(=O)CO)O3)cc2)c1. The molecule has 7 N–H and O–H groups in total. The summed E-state index contributed by atoms with van der Waals surface area (Å²) in [6.45, 7) is 3.28. The van der Waals surface area contributed by atoms with Crippen LogP contribution in [0.1, 0.15) is 75.1 Å². The molecule has 3 aromatic rings. The largest absolute Gasteiger partial charge is 0.390 e. The molecule has 4 fully saturated rings. The van der Waals surface area contributed by atoms with Gasteiger partial charge < -0.3 is 45.9 Å². The number of rotatable bonds is 17. The molecular weight excluding hydrogens is 965 g/mol. The minimum Gasteiger partial charge on any atom is -0.390 e. The third kappa shape index (κ3) is 9.41. The highest BCUT2D eigenvalue weighted by Crippen LogP contribution is 2.70. The highest BCUT2D eigenvalue weighted by molar-refractivity contribution is 6.13. The first-order valence-corrected chi connectivity index (χ1v) is 24.6. The van der Waals surface area contributed by atoms with E-state index in [-0.39, 0.29) is 44.2 Å². The second-order valence-electron chi connectivity index (χ2n) is 20.2. The molecule has 0 unspecified atom stereocenters. The number of ether oxygens (including phenoxy) is 2. The summed E-state index contributed by atoms with van der Waals surface area (Å²) < 4.78 is 46.6. The molecule has 13 atom stereocenters. The topological polar surface area (TPSA) is 276 Å². The maximum absolute atomic E-state index is 17.7. The van der Waals surface area contributed by atoms with Gasteiger partial charge in [-0.3, -0.25) is 43.3 Å². The Morgan fingerprint density at radius 2 is 1.62 bits per heavy atom. The average Bonchev–Trinajstić information content (AvgIpc) is 4.19. The van der Waals surface area contributed by atoms with Crippen LogP contribution in [0.25, 0.3) is 0 Å². The van der Waals surface area contributed by atoms with Crippen LogP contribution in [0, 0.1) is 22.7 Å². The average molecular weight is 1020 g/mol. The lowest BCUT2D eigenvalue weighted by molar-refractivity contribution is -0.220. The number of nitrogens with one attached hydrogen (secondary N) is 5. The van der Waals surface area contributed by atoms with Crippen molar-refractivity contribution in [1.82, 2.24) is 30.8 Å². The first-order valence-electron chi connectivity index (χ1n) is 24.6. The number of aromatic nitrogens is 2. The van der Waals surface area contributed by atoms with Crippen molar-refractivity contribution in [3.8, 4) is 0 Å². The number of hydrogen-bond donors (Lipinski definition) is 7.